The van der Waals surface area contributed by atoms with E-state index in [1.165, 1.54) is 18.5 Å². The van der Waals surface area contributed by atoms with E-state index in [-0.39, 0.29) is 0 Å². The van der Waals surface area contributed by atoms with Crippen molar-refractivity contribution >= 4 is 0 Å². The fourth-order valence-corrected chi connectivity index (χ4v) is 1.79. The lowest BCUT2D eigenvalue weighted by Gasteiger charge is -2.32. The van der Waals surface area contributed by atoms with Crippen molar-refractivity contribution in [2.24, 2.45) is 5.41 Å². The van der Waals surface area contributed by atoms with Crippen LogP contribution in [0.3, 0.4) is 0 Å². The summed E-state index contributed by atoms with van der Waals surface area (Å²) in [5.41, 5.74) is 1.87. The van der Waals surface area contributed by atoms with Crippen molar-refractivity contribution in [1.29, 1.82) is 0 Å². The normalized spacial score (nSPS) is 12.8. The van der Waals surface area contributed by atoms with Gasteiger partial charge in [-0.2, -0.15) is 0 Å². The molecular weight excluding hydrogens is 194 g/mol. The fourth-order valence-electron chi connectivity index (χ4n) is 1.79. The molecule has 1 rings (SSSR count). The van der Waals surface area contributed by atoms with Crippen LogP contribution in [0.15, 0.2) is 30.3 Å². The number of hydrogen-bond donors (Lipinski definition) is 0. The number of hydrogen-bond acceptors (Lipinski definition) is 0. The predicted molar refractivity (Wildman–Crippen MR) is 71.2 cm³/mol. The van der Waals surface area contributed by atoms with Gasteiger partial charge in [0.2, 0.25) is 0 Å². The Labute approximate surface area is 101 Å². The van der Waals surface area contributed by atoms with Crippen molar-refractivity contribution in [3.63, 3.8) is 0 Å². The highest BCUT2D eigenvalue weighted by Crippen LogP contribution is 2.21. The molecule has 0 heterocycles. The van der Waals surface area contributed by atoms with Gasteiger partial charge >= 0.3 is 0 Å². The summed E-state index contributed by atoms with van der Waals surface area (Å²) in [5.74, 6) is 0. The Balaban J connectivity index is 2.52. The number of nitrogens with zero attached hydrogens (tertiary/aromatic N) is 1. The Hall–Kier alpha value is -0.820. The molecule has 0 saturated heterocycles. The average molecular weight is 220 g/mol. The summed E-state index contributed by atoms with van der Waals surface area (Å²) in [7, 11) is 4.64. The molecule has 1 heteroatoms. The lowest BCUT2D eigenvalue weighted by molar-refractivity contribution is -0.904. The van der Waals surface area contributed by atoms with E-state index in [9.17, 15) is 0 Å². The van der Waals surface area contributed by atoms with Crippen molar-refractivity contribution in [2.75, 3.05) is 20.6 Å². The van der Waals surface area contributed by atoms with Gasteiger partial charge in [0.1, 0.15) is 6.54 Å². The SMILES string of the molecule is CC(C)(C)CC[N+](C)(C)Cc1ccccc1. The van der Waals surface area contributed by atoms with Gasteiger partial charge in [0.15, 0.2) is 0 Å². The van der Waals surface area contributed by atoms with Crippen molar-refractivity contribution in [1.82, 2.24) is 0 Å². The number of rotatable bonds is 4. The monoisotopic (exact) mass is 220 g/mol. The van der Waals surface area contributed by atoms with Crippen LogP contribution in [-0.4, -0.2) is 25.1 Å². The van der Waals surface area contributed by atoms with E-state index in [1.807, 2.05) is 0 Å². The maximum Gasteiger partial charge on any atom is 0.104 e. The molecule has 0 spiro atoms. The van der Waals surface area contributed by atoms with Gasteiger partial charge in [0.25, 0.3) is 0 Å². The first kappa shape index (κ1) is 13.2. The van der Waals surface area contributed by atoms with Gasteiger partial charge in [0, 0.05) is 12.0 Å². The minimum Gasteiger partial charge on any atom is -0.325 e. The molecule has 0 N–H and O–H groups in total. The van der Waals surface area contributed by atoms with Gasteiger partial charge in [-0.3, -0.25) is 0 Å². The molecule has 0 bridgehead atoms. The number of quaternary nitrogens is 1. The molecule has 0 aliphatic rings. The van der Waals surface area contributed by atoms with E-state index in [1.54, 1.807) is 0 Å². The van der Waals surface area contributed by atoms with E-state index in [2.05, 4.69) is 65.2 Å². The van der Waals surface area contributed by atoms with E-state index in [0.717, 1.165) is 11.0 Å². The van der Waals surface area contributed by atoms with E-state index in [0.29, 0.717) is 5.41 Å². The molecule has 0 aromatic heterocycles. The van der Waals surface area contributed by atoms with Crippen LogP contribution in [0.5, 0.6) is 0 Å². The van der Waals surface area contributed by atoms with Crippen molar-refractivity contribution in [2.45, 2.75) is 33.7 Å². The Morgan fingerprint density at radius 2 is 1.56 bits per heavy atom. The summed E-state index contributed by atoms with van der Waals surface area (Å²) in [6.07, 6.45) is 1.27. The molecule has 16 heavy (non-hydrogen) atoms. The summed E-state index contributed by atoms with van der Waals surface area (Å²) in [6.45, 7) is 9.30. The van der Waals surface area contributed by atoms with Gasteiger partial charge in [-0.15, -0.1) is 0 Å². The quantitative estimate of drug-likeness (QED) is 0.679. The Morgan fingerprint density at radius 1 is 1.00 bits per heavy atom. The molecule has 0 saturated carbocycles. The van der Waals surface area contributed by atoms with E-state index in [4.69, 9.17) is 0 Å². The molecule has 0 aliphatic carbocycles. The third kappa shape index (κ3) is 5.32. The zero-order chi connectivity index (χ0) is 12.2. The summed E-state index contributed by atoms with van der Waals surface area (Å²) in [4.78, 5) is 0. The molecule has 1 aromatic rings. The largest absolute Gasteiger partial charge is 0.325 e. The second-order valence-electron chi connectivity index (χ2n) is 6.61. The topological polar surface area (TPSA) is 0 Å². The predicted octanol–water partition coefficient (Wildman–Crippen LogP) is 3.70. The highest BCUT2D eigenvalue weighted by molar-refractivity contribution is 5.13. The van der Waals surface area contributed by atoms with Gasteiger partial charge in [0.05, 0.1) is 20.6 Å². The first-order valence-corrected chi connectivity index (χ1v) is 6.14. The first-order valence-electron chi connectivity index (χ1n) is 6.14. The van der Waals surface area contributed by atoms with E-state index >= 15 is 0 Å². The Bertz CT molecular complexity index is 306. The van der Waals surface area contributed by atoms with Gasteiger partial charge in [-0.1, -0.05) is 51.1 Å². The Kier molecular flexibility index (Phi) is 4.15. The number of benzene rings is 1. The minimum absolute atomic E-state index is 0.437. The van der Waals surface area contributed by atoms with Crippen molar-refractivity contribution in [3.8, 4) is 0 Å². The van der Waals surface area contributed by atoms with Crippen LogP contribution in [0, 0.1) is 5.41 Å². The first-order chi connectivity index (χ1) is 7.29. The third-order valence-electron chi connectivity index (χ3n) is 2.92. The minimum atomic E-state index is 0.437. The highest BCUT2D eigenvalue weighted by atomic mass is 15.3. The second-order valence-corrected chi connectivity index (χ2v) is 6.61. The smallest absolute Gasteiger partial charge is 0.104 e. The van der Waals surface area contributed by atoms with Crippen LogP contribution >= 0.6 is 0 Å². The second kappa shape index (κ2) is 5.01. The molecule has 0 unspecified atom stereocenters. The maximum atomic E-state index is 2.32. The van der Waals surface area contributed by atoms with Crippen molar-refractivity contribution in [3.05, 3.63) is 35.9 Å². The van der Waals surface area contributed by atoms with Gasteiger partial charge in [-0.25, -0.2) is 0 Å². The van der Waals surface area contributed by atoms with Crippen LogP contribution in [0.1, 0.15) is 32.8 Å². The van der Waals surface area contributed by atoms with Gasteiger partial charge < -0.3 is 4.48 Å². The molecule has 1 nitrogen and oxygen atoms in total. The molecule has 0 amide bonds. The van der Waals surface area contributed by atoms with Gasteiger partial charge in [-0.05, 0) is 5.41 Å². The lowest BCUT2D eigenvalue weighted by atomic mass is 9.92. The molecule has 0 atom stereocenters. The zero-order valence-electron chi connectivity index (χ0n) is 11.5. The molecule has 1 aromatic carbocycles. The molecule has 0 fully saturated rings. The van der Waals surface area contributed by atoms with Crippen LogP contribution in [0.4, 0.5) is 0 Å². The molecule has 90 valence electrons. The molecular formula is C15H26N+. The summed E-state index contributed by atoms with van der Waals surface area (Å²) >= 11 is 0. The average Bonchev–Trinajstić information content (AvgIpc) is 2.15. The lowest BCUT2D eigenvalue weighted by Crippen LogP contribution is -2.40. The Morgan fingerprint density at radius 3 is 2.06 bits per heavy atom. The summed E-state index contributed by atoms with van der Waals surface area (Å²) in [6, 6.07) is 10.8. The highest BCUT2D eigenvalue weighted by Gasteiger charge is 2.20. The summed E-state index contributed by atoms with van der Waals surface area (Å²) in [5, 5.41) is 0. The summed E-state index contributed by atoms with van der Waals surface area (Å²) < 4.78 is 1.07. The fraction of sp³-hybridized carbons (Fsp3) is 0.600. The van der Waals surface area contributed by atoms with Crippen LogP contribution in [0.25, 0.3) is 0 Å². The molecule has 0 radical (unpaired) electrons. The third-order valence-corrected chi connectivity index (χ3v) is 2.92. The zero-order valence-corrected chi connectivity index (χ0v) is 11.5. The van der Waals surface area contributed by atoms with Crippen LogP contribution in [-0.2, 0) is 6.54 Å². The standard InChI is InChI=1S/C15H26N/c1-15(2,3)11-12-16(4,5)13-14-9-7-6-8-10-14/h6-10H,11-13H2,1-5H3/q+1. The maximum absolute atomic E-state index is 2.32. The van der Waals surface area contributed by atoms with Crippen LogP contribution < -0.4 is 0 Å². The van der Waals surface area contributed by atoms with Crippen molar-refractivity contribution < 1.29 is 4.48 Å². The van der Waals surface area contributed by atoms with E-state index < -0.39 is 0 Å². The van der Waals surface area contributed by atoms with Crippen LogP contribution in [0.2, 0.25) is 0 Å². The molecule has 0 aliphatic heterocycles.